The SMILES string of the molecule is CC[C@H](C)[C@H](NC(=O)[C@H](C)N)C(=O)N[C@@H](CCCN=C(N)N)C(=O)N[C@@H](CCCCN)C(=O)N[C@H](C(=O)N[C@@H](CC(C)C)C(=O)N[C@@H](CCCCN)C(=O)N[C@@H](C)C(=O)O)[C@@H](C)O. The summed E-state index contributed by atoms with van der Waals surface area (Å²) in [6, 6.07) is -9.87. The lowest BCUT2D eigenvalue weighted by Gasteiger charge is -2.29. The highest BCUT2D eigenvalue weighted by molar-refractivity contribution is 5.97. The molecule has 63 heavy (non-hydrogen) atoms. The molecular weight excluding hydrogens is 823 g/mol. The van der Waals surface area contributed by atoms with Crippen LogP contribution in [-0.4, -0.2) is 138 Å². The quantitative estimate of drug-likeness (QED) is 0.0178. The summed E-state index contributed by atoms with van der Waals surface area (Å²) in [5, 5.41) is 38.0. The molecule has 0 radical (unpaired) electrons. The third-order valence-electron chi connectivity index (χ3n) is 10.1. The average Bonchev–Trinajstić information content (AvgIpc) is 3.20. The van der Waals surface area contributed by atoms with Gasteiger partial charge in [-0.1, -0.05) is 34.1 Å². The molecule has 0 aliphatic heterocycles. The molecule has 0 rings (SSSR count). The van der Waals surface area contributed by atoms with Crippen molar-refractivity contribution in [3.63, 3.8) is 0 Å². The normalized spacial score (nSPS) is 15.9. The van der Waals surface area contributed by atoms with Gasteiger partial charge in [0, 0.05) is 6.54 Å². The monoisotopic (exact) mass is 900 g/mol. The summed E-state index contributed by atoms with van der Waals surface area (Å²) in [6.45, 7) is 11.8. The van der Waals surface area contributed by atoms with Crippen LogP contribution in [0.2, 0.25) is 0 Å². The van der Waals surface area contributed by atoms with E-state index in [0.29, 0.717) is 38.6 Å². The first-order valence-corrected chi connectivity index (χ1v) is 21.7. The number of carboxylic acids is 1. The summed E-state index contributed by atoms with van der Waals surface area (Å²) in [7, 11) is 0. The Morgan fingerprint density at radius 2 is 0.968 bits per heavy atom. The summed E-state index contributed by atoms with van der Waals surface area (Å²) in [4.78, 5) is 110. The van der Waals surface area contributed by atoms with Gasteiger partial charge in [-0.15, -0.1) is 0 Å². The van der Waals surface area contributed by atoms with Crippen molar-refractivity contribution in [2.24, 2.45) is 45.5 Å². The largest absolute Gasteiger partial charge is 0.480 e. The molecule has 0 unspecified atom stereocenters. The maximum Gasteiger partial charge on any atom is 0.325 e. The molecule has 0 aromatic carbocycles. The van der Waals surface area contributed by atoms with E-state index in [2.05, 4.69) is 42.2 Å². The number of nitrogens with one attached hydrogen (secondary N) is 7. The molecule has 0 saturated heterocycles. The number of nitrogens with zero attached hydrogens (tertiary/aromatic N) is 1. The maximum absolute atomic E-state index is 14.0. The number of amides is 7. The molecule has 19 N–H and O–H groups in total. The fourth-order valence-electron chi connectivity index (χ4n) is 6.09. The topological polar surface area (TPSA) is 404 Å². The number of hydrogen-bond acceptors (Lipinski definition) is 13. The van der Waals surface area contributed by atoms with Gasteiger partial charge in [0.2, 0.25) is 41.4 Å². The predicted molar refractivity (Wildman–Crippen MR) is 237 cm³/mol. The van der Waals surface area contributed by atoms with Crippen molar-refractivity contribution in [3.8, 4) is 0 Å². The second kappa shape index (κ2) is 30.8. The molecule has 10 atom stereocenters. The second-order valence-electron chi connectivity index (χ2n) is 16.3. The number of unbranched alkanes of at least 4 members (excludes halogenated alkanes) is 2. The van der Waals surface area contributed by atoms with Crippen LogP contribution < -0.4 is 65.9 Å². The Morgan fingerprint density at radius 1 is 0.556 bits per heavy atom. The maximum atomic E-state index is 14.0. The lowest BCUT2D eigenvalue weighted by Crippen LogP contribution is -2.62. The molecule has 0 saturated carbocycles. The number of aliphatic hydroxyl groups is 1. The number of guanidine groups is 1. The molecule has 0 aliphatic rings. The summed E-state index contributed by atoms with van der Waals surface area (Å²) < 4.78 is 0. The molecular formula is C40H77N13O10. The number of rotatable bonds is 32. The molecule has 7 amide bonds. The first-order chi connectivity index (χ1) is 29.5. The van der Waals surface area contributed by atoms with Crippen molar-refractivity contribution in [1.82, 2.24) is 37.2 Å². The Kier molecular flexibility index (Phi) is 28.3. The van der Waals surface area contributed by atoms with Crippen LogP contribution in [0, 0.1) is 11.8 Å². The van der Waals surface area contributed by atoms with Gasteiger partial charge in [0.15, 0.2) is 5.96 Å². The van der Waals surface area contributed by atoms with Crippen molar-refractivity contribution in [3.05, 3.63) is 0 Å². The molecule has 0 aromatic heterocycles. The summed E-state index contributed by atoms with van der Waals surface area (Å²) >= 11 is 0. The van der Waals surface area contributed by atoms with Crippen molar-refractivity contribution in [1.29, 1.82) is 0 Å². The van der Waals surface area contributed by atoms with Crippen LogP contribution in [0.4, 0.5) is 0 Å². The third-order valence-corrected chi connectivity index (χ3v) is 10.1. The van der Waals surface area contributed by atoms with Gasteiger partial charge in [-0.2, -0.15) is 0 Å². The van der Waals surface area contributed by atoms with Gasteiger partial charge in [-0.3, -0.25) is 43.3 Å². The van der Waals surface area contributed by atoms with E-state index in [4.69, 9.17) is 28.7 Å². The molecule has 23 nitrogen and oxygen atoms in total. The van der Waals surface area contributed by atoms with E-state index in [-0.39, 0.29) is 63.0 Å². The number of carboxylic acid groups (broad SMARTS) is 1. The van der Waals surface area contributed by atoms with Crippen molar-refractivity contribution in [2.45, 2.75) is 167 Å². The number of aliphatic hydroxyl groups excluding tert-OH is 1. The Morgan fingerprint density at radius 3 is 1.40 bits per heavy atom. The number of hydrogen-bond donors (Lipinski definition) is 14. The summed E-state index contributed by atoms with van der Waals surface area (Å²) in [5.41, 5.74) is 28.0. The Hall–Kier alpha value is -5.13. The molecule has 0 aromatic rings. The van der Waals surface area contributed by atoms with E-state index in [1.165, 1.54) is 20.8 Å². The minimum atomic E-state index is -1.64. The van der Waals surface area contributed by atoms with Crippen molar-refractivity contribution >= 4 is 53.3 Å². The summed E-state index contributed by atoms with van der Waals surface area (Å²) in [5.74, 6) is -7.38. The first kappa shape index (κ1) is 57.9. The molecule has 0 spiro atoms. The van der Waals surface area contributed by atoms with Crippen LogP contribution >= 0.6 is 0 Å². The van der Waals surface area contributed by atoms with Crippen LogP contribution in [-0.2, 0) is 38.4 Å². The minimum Gasteiger partial charge on any atom is -0.480 e. The van der Waals surface area contributed by atoms with Crippen LogP contribution in [0.5, 0.6) is 0 Å². The lowest BCUT2D eigenvalue weighted by atomic mass is 9.97. The van der Waals surface area contributed by atoms with Gasteiger partial charge < -0.3 is 76.1 Å². The zero-order valence-corrected chi connectivity index (χ0v) is 38.0. The predicted octanol–water partition coefficient (Wildman–Crippen LogP) is -3.38. The van der Waals surface area contributed by atoms with Gasteiger partial charge in [-0.05, 0) is 103 Å². The van der Waals surface area contributed by atoms with Gasteiger partial charge in [-0.25, -0.2) is 0 Å². The van der Waals surface area contributed by atoms with Crippen molar-refractivity contribution < 1.29 is 48.6 Å². The van der Waals surface area contributed by atoms with Crippen LogP contribution in [0.15, 0.2) is 4.99 Å². The standard InChI is InChI=1S/C40H77N13O10/c1-8-22(4)30(52-32(55)23(5)43)37(60)50-28(16-13-19-46-40(44)45)34(57)48-27(15-10-12-18-42)35(58)53-31(25(7)54)38(61)51-29(20-21(2)3)36(59)49-26(14-9-11-17-41)33(56)47-24(6)39(62)63/h21-31,54H,8-20,41-43H2,1-7H3,(H,47,56)(H,48,57)(H,49,59)(H,50,60)(H,51,61)(H,52,55)(H,53,58)(H,62,63)(H4,44,45,46)/t22-,23-,24-,25+,26-,27-,28-,29-,30-,31-/m0/s1. The van der Waals surface area contributed by atoms with E-state index >= 15 is 0 Å². The Balaban J connectivity index is 6.56. The number of carbonyl (C=O) groups is 8. The lowest BCUT2D eigenvalue weighted by molar-refractivity contribution is -0.142. The highest BCUT2D eigenvalue weighted by Gasteiger charge is 2.36. The van der Waals surface area contributed by atoms with Crippen LogP contribution in [0.3, 0.4) is 0 Å². The Bertz CT molecular complexity index is 1510. The second-order valence-corrected chi connectivity index (χ2v) is 16.3. The number of aliphatic imine (C=N–C) groups is 1. The van der Waals surface area contributed by atoms with E-state index in [0.717, 1.165) is 0 Å². The van der Waals surface area contributed by atoms with Gasteiger partial charge in [0.25, 0.3) is 0 Å². The van der Waals surface area contributed by atoms with Crippen LogP contribution in [0.25, 0.3) is 0 Å². The van der Waals surface area contributed by atoms with Gasteiger partial charge in [0.05, 0.1) is 12.1 Å². The highest BCUT2D eigenvalue weighted by atomic mass is 16.4. The molecule has 0 aliphatic carbocycles. The van der Waals surface area contributed by atoms with E-state index in [1.807, 2.05) is 6.92 Å². The smallest absolute Gasteiger partial charge is 0.325 e. The molecule has 362 valence electrons. The summed E-state index contributed by atoms with van der Waals surface area (Å²) in [6.07, 6.45) is 1.17. The van der Waals surface area contributed by atoms with Crippen LogP contribution in [0.1, 0.15) is 113 Å². The van der Waals surface area contributed by atoms with E-state index in [9.17, 15) is 48.6 Å². The number of carbonyl (C=O) groups excluding carboxylic acids is 7. The van der Waals surface area contributed by atoms with E-state index in [1.54, 1.807) is 20.8 Å². The minimum absolute atomic E-state index is 0.00604. The average molecular weight is 900 g/mol. The van der Waals surface area contributed by atoms with E-state index < -0.39 is 102 Å². The Labute approximate surface area is 370 Å². The number of aliphatic carboxylic acids is 1. The third kappa shape index (κ3) is 23.2. The molecule has 0 bridgehead atoms. The van der Waals surface area contributed by atoms with Gasteiger partial charge >= 0.3 is 5.97 Å². The zero-order chi connectivity index (χ0) is 48.4. The van der Waals surface area contributed by atoms with Gasteiger partial charge in [0.1, 0.15) is 42.3 Å². The first-order valence-electron chi connectivity index (χ1n) is 21.7. The molecule has 23 heteroatoms. The van der Waals surface area contributed by atoms with Crippen molar-refractivity contribution in [2.75, 3.05) is 19.6 Å². The molecule has 0 fully saturated rings. The fraction of sp³-hybridized carbons (Fsp3) is 0.775. The molecule has 0 heterocycles. The number of nitrogens with two attached hydrogens (primary N) is 5. The zero-order valence-electron chi connectivity index (χ0n) is 38.0. The highest BCUT2D eigenvalue weighted by Crippen LogP contribution is 2.12. The fourth-order valence-corrected chi connectivity index (χ4v) is 6.09.